The van der Waals surface area contributed by atoms with Crippen molar-refractivity contribution in [3.8, 4) is 0 Å². The molecule has 2 heterocycles. The quantitative estimate of drug-likeness (QED) is 0.632. The van der Waals surface area contributed by atoms with E-state index in [1.54, 1.807) is 17.7 Å². The average molecular weight is 379 g/mol. The van der Waals surface area contributed by atoms with Crippen molar-refractivity contribution in [2.24, 2.45) is 0 Å². The molecule has 1 aliphatic carbocycles. The van der Waals surface area contributed by atoms with Gasteiger partial charge in [0.1, 0.15) is 16.2 Å². The Morgan fingerprint density at radius 3 is 2.76 bits per heavy atom. The van der Waals surface area contributed by atoms with Crippen LogP contribution < -0.4 is 10.6 Å². The van der Waals surface area contributed by atoms with Crippen molar-refractivity contribution in [2.75, 3.05) is 5.75 Å². The number of carbonyl (C=O) groups excluding carboxylic acids is 2. The second kappa shape index (κ2) is 7.29. The molecule has 25 heavy (non-hydrogen) atoms. The van der Waals surface area contributed by atoms with Gasteiger partial charge in [-0.1, -0.05) is 11.8 Å². The molecule has 0 aromatic carbocycles. The number of urea groups is 1. The van der Waals surface area contributed by atoms with Gasteiger partial charge in [0.05, 0.1) is 5.75 Å². The fourth-order valence-corrected chi connectivity index (χ4v) is 4.96. The van der Waals surface area contributed by atoms with Gasteiger partial charge < -0.3 is 5.32 Å². The summed E-state index contributed by atoms with van der Waals surface area (Å²) in [6.45, 7) is 5.59. The second-order valence-corrected chi connectivity index (χ2v) is 9.16. The molecule has 134 valence electrons. The summed E-state index contributed by atoms with van der Waals surface area (Å²) in [5.41, 5.74) is 0.965. The average Bonchev–Trinajstić information content (AvgIpc) is 2.90. The maximum atomic E-state index is 12.0. The third kappa shape index (κ3) is 4.49. The first-order valence-corrected chi connectivity index (χ1v) is 10.1. The Bertz CT molecular complexity index is 811. The van der Waals surface area contributed by atoms with E-state index in [9.17, 15) is 9.59 Å². The van der Waals surface area contributed by atoms with Crippen LogP contribution in [0.15, 0.2) is 11.4 Å². The van der Waals surface area contributed by atoms with E-state index in [0.717, 1.165) is 28.1 Å². The molecule has 0 radical (unpaired) electrons. The molecule has 0 spiro atoms. The number of hydrogen-bond acceptors (Lipinski definition) is 6. The zero-order chi connectivity index (χ0) is 18.0. The first-order valence-electron chi connectivity index (χ1n) is 8.33. The van der Waals surface area contributed by atoms with Gasteiger partial charge in [-0.2, -0.15) is 0 Å². The van der Waals surface area contributed by atoms with Crippen molar-refractivity contribution in [1.82, 2.24) is 20.6 Å². The van der Waals surface area contributed by atoms with Crippen LogP contribution >= 0.6 is 23.1 Å². The van der Waals surface area contributed by atoms with E-state index in [1.165, 1.54) is 35.0 Å². The van der Waals surface area contributed by atoms with Gasteiger partial charge in [-0.3, -0.25) is 10.1 Å². The molecule has 3 rings (SSSR count). The van der Waals surface area contributed by atoms with Gasteiger partial charge in [-0.15, -0.1) is 11.3 Å². The van der Waals surface area contributed by atoms with Gasteiger partial charge in [0.2, 0.25) is 5.91 Å². The molecule has 0 unspecified atom stereocenters. The van der Waals surface area contributed by atoms with Crippen LogP contribution in [0.2, 0.25) is 0 Å². The molecule has 0 fully saturated rings. The number of aryl methyl sites for hydroxylation is 2. The van der Waals surface area contributed by atoms with E-state index in [1.807, 2.05) is 20.8 Å². The Labute approximate surface area is 155 Å². The SMILES string of the molecule is CC(C)(C)NC(=O)NC(=O)CSc1ncnc2sc3c(c12)CCCC3. The minimum absolute atomic E-state index is 0.147. The summed E-state index contributed by atoms with van der Waals surface area (Å²) in [6.07, 6.45) is 6.12. The Hall–Kier alpha value is -1.67. The van der Waals surface area contributed by atoms with Crippen LogP contribution in [0.25, 0.3) is 10.2 Å². The highest BCUT2D eigenvalue weighted by molar-refractivity contribution is 8.00. The van der Waals surface area contributed by atoms with Crippen LogP contribution in [0, 0.1) is 0 Å². The molecule has 2 N–H and O–H groups in total. The predicted octanol–water partition coefficient (Wildman–Crippen LogP) is 3.29. The van der Waals surface area contributed by atoms with E-state index in [0.29, 0.717) is 0 Å². The fourth-order valence-electron chi connectivity index (χ4n) is 2.84. The lowest BCUT2D eigenvalue weighted by molar-refractivity contribution is -0.117. The molecule has 0 bridgehead atoms. The van der Waals surface area contributed by atoms with Crippen LogP contribution in [0.4, 0.5) is 4.79 Å². The van der Waals surface area contributed by atoms with Gasteiger partial charge in [0, 0.05) is 15.8 Å². The molecular formula is C17H22N4O2S2. The highest BCUT2D eigenvalue weighted by atomic mass is 32.2. The Morgan fingerprint density at radius 1 is 1.24 bits per heavy atom. The number of rotatable bonds is 3. The zero-order valence-corrected chi connectivity index (χ0v) is 16.3. The summed E-state index contributed by atoms with van der Waals surface area (Å²) < 4.78 is 0. The Morgan fingerprint density at radius 2 is 2.00 bits per heavy atom. The summed E-state index contributed by atoms with van der Waals surface area (Å²) >= 11 is 3.09. The van der Waals surface area contributed by atoms with Gasteiger partial charge in [0.25, 0.3) is 0 Å². The molecule has 2 aromatic rings. The minimum atomic E-state index is -0.473. The number of imide groups is 1. The lowest BCUT2D eigenvalue weighted by Gasteiger charge is -2.20. The predicted molar refractivity (Wildman–Crippen MR) is 101 cm³/mol. The summed E-state index contributed by atoms with van der Waals surface area (Å²) in [6, 6.07) is -0.473. The topological polar surface area (TPSA) is 84.0 Å². The number of nitrogens with zero attached hydrogens (tertiary/aromatic N) is 2. The Balaban J connectivity index is 1.68. The van der Waals surface area contributed by atoms with Gasteiger partial charge >= 0.3 is 6.03 Å². The van der Waals surface area contributed by atoms with Crippen molar-refractivity contribution in [3.63, 3.8) is 0 Å². The largest absolute Gasteiger partial charge is 0.333 e. The number of carbonyl (C=O) groups is 2. The molecule has 2 aromatic heterocycles. The molecule has 0 aliphatic heterocycles. The molecule has 0 saturated heterocycles. The summed E-state index contributed by atoms with van der Waals surface area (Å²) in [5, 5.41) is 7.00. The smallest absolute Gasteiger partial charge is 0.321 e. The molecule has 1 aliphatic rings. The molecular weight excluding hydrogens is 356 g/mol. The van der Waals surface area contributed by atoms with Crippen molar-refractivity contribution < 1.29 is 9.59 Å². The van der Waals surface area contributed by atoms with Crippen molar-refractivity contribution in [2.45, 2.75) is 57.0 Å². The van der Waals surface area contributed by atoms with E-state index >= 15 is 0 Å². The van der Waals surface area contributed by atoms with E-state index in [4.69, 9.17) is 0 Å². The monoisotopic (exact) mass is 378 g/mol. The van der Waals surface area contributed by atoms with Gasteiger partial charge in [-0.25, -0.2) is 14.8 Å². The molecule has 3 amide bonds. The maximum Gasteiger partial charge on any atom is 0.321 e. The molecule has 0 saturated carbocycles. The Kier molecular flexibility index (Phi) is 5.29. The number of nitrogens with one attached hydrogen (secondary N) is 2. The highest BCUT2D eigenvalue weighted by Gasteiger charge is 2.21. The lowest BCUT2D eigenvalue weighted by atomic mass is 9.97. The molecule has 8 heteroatoms. The van der Waals surface area contributed by atoms with Crippen LogP contribution in [0.1, 0.15) is 44.1 Å². The maximum absolute atomic E-state index is 12.0. The zero-order valence-electron chi connectivity index (χ0n) is 14.6. The molecule has 6 nitrogen and oxygen atoms in total. The number of amides is 3. The summed E-state index contributed by atoms with van der Waals surface area (Å²) in [7, 11) is 0. The number of fused-ring (bicyclic) bond motifs is 3. The van der Waals surface area contributed by atoms with E-state index in [-0.39, 0.29) is 17.2 Å². The first kappa shape index (κ1) is 18.1. The number of aromatic nitrogens is 2. The minimum Gasteiger partial charge on any atom is -0.333 e. The first-order chi connectivity index (χ1) is 11.8. The number of thiophene rings is 1. The van der Waals surface area contributed by atoms with Crippen LogP contribution in [-0.2, 0) is 17.6 Å². The van der Waals surface area contributed by atoms with Crippen molar-refractivity contribution in [1.29, 1.82) is 0 Å². The number of thioether (sulfide) groups is 1. The fraction of sp³-hybridized carbons (Fsp3) is 0.529. The van der Waals surface area contributed by atoms with Crippen molar-refractivity contribution >= 4 is 45.3 Å². The van der Waals surface area contributed by atoms with Crippen molar-refractivity contribution in [3.05, 3.63) is 16.8 Å². The van der Waals surface area contributed by atoms with E-state index < -0.39 is 6.03 Å². The third-order valence-electron chi connectivity index (χ3n) is 3.80. The summed E-state index contributed by atoms with van der Waals surface area (Å²) in [5.74, 6) is -0.184. The molecule has 0 atom stereocenters. The van der Waals surface area contributed by atoms with Crippen LogP contribution in [0.3, 0.4) is 0 Å². The second-order valence-electron chi connectivity index (χ2n) is 7.11. The van der Waals surface area contributed by atoms with Crippen LogP contribution in [0.5, 0.6) is 0 Å². The lowest BCUT2D eigenvalue weighted by Crippen LogP contribution is -2.48. The van der Waals surface area contributed by atoms with Gasteiger partial charge in [0.15, 0.2) is 0 Å². The standard InChI is InChI=1S/C17H22N4O2S2/c1-17(2,3)21-16(23)20-12(22)8-24-14-13-10-6-4-5-7-11(10)25-15(13)19-9-18-14/h9H,4-8H2,1-3H3,(H2,20,21,22,23). The number of hydrogen-bond donors (Lipinski definition) is 2. The summed E-state index contributed by atoms with van der Waals surface area (Å²) in [4.78, 5) is 35.0. The van der Waals surface area contributed by atoms with Crippen LogP contribution in [-0.4, -0.2) is 33.2 Å². The highest BCUT2D eigenvalue weighted by Crippen LogP contribution is 2.39. The normalized spacial score (nSPS) is 14.2. The third-order valence-corrected chi connectivity index (χ3v) is 5.99. The van der Waals surface area contributed by atoms with E-state index in [2.05, 4.69) is 20.6 Å². The van der Waals surface area contributed by atoms with Gasteiger partial charge in [-0.05, 0) is 52.0 Å².